The van der Waals surface area contributed by atoms with Gasteiger partial charge in [0.15, 0.2) is 11.5 Å². The number of amides is 2. The van der Waals surface area contributed by atoms with Crippen LogP contribution in [0, 0.1) is 5.82 Å². The highest BCUT2D eigenvalue weighted by atomic mass is 19.1. The van der Waals surface area contributed by atoms with Crippen LogP contribution in [0.25, 0.3) is 6.08 Å². The highest BCUT2D eigenvalue weighted by Gasteiger charge is 2.30. The molecule has 0 spiro atoms. The standard InChI is InChI=1S/C33H28FN3O3/c34-27-8-6-7-25(21-27)23-37-29-11-4-5-12-30(29)40-31(33(37)39)22-24-13-15-26(16-14-24)32(38)36-19-17-35(18-20-36)28-9-2-1-3-10-28/h1-16,21-22H,17-20,23H2/b31-22-. The number of nitrogens with zero attached hydrogens (tertiary/aromatic N) is 3. The second-order valence-corrected chi connectivity index (χ2v) is 9.84. The topological polar surface area (TPSA) is 53.1 Å². The molecule has 7 heteroatoms. The molecule has 0 bridgehead atoms. The first-order valence-electron chi connectivity index (χ1n) is 13.3. The Balaban J connectivity index is 1.17. The Kier molecular flexibility index (Phi) is 7.02. The minimum Gasteiger partial charge on any atom is -0.449 e. The Hall–Kier alpha value is -4.91. The Morgan fingerprint density at radius 1 is 0.825 bits per heavy atom. The molecule has 4 aromatic carbocycles. The maximum atomic E-state index is 13.8. The fourth-order valence-corrected chi connectivity index (χ4v) is 5.10. The molecule has 0 unspecified atom stereocenters. The zero-order valence-corrected chi connectivity index (χ0v) is 21.9. The first-order valence-corrected chi connectivity index (χ1v) is 13.3. The van der Waals surface area contributed by atoms with Crippen LogP contribution in [0.2, 0.25) is 0 Å². The van der Waals surface area contributed by atoms with Crippen molar-refractivity contribution in [2.45, 2.75) is 6.54 Å². The summed E-state index contributed by atoms with van der Waals surface area (Å²) in [5.74, 6) is 0.0267. The van der Waals surface area contributed by atoms with Crippen molar-refractivity contribution in [1.29, 1.82) is 0 Å². The average Bonchev–Trinajstić information content (AvgIpc) is 3.00. The lowest BCUT2D eigenvalue weighted by molar-refractivity contribution is -0.117. The highest BCUT2D eigenvalue weighted by molar-refractivity contribution is 6.09. The number of rotatable bonds is 5. The van der Waals surface area contributed by atoms with E-state index in [-0.39, 0.29) is 29.9 Å². The molecule has 2 heterocycles. The lowest BCUT2D eigenvalue weighted by atomic mass is 10.1. The molecule has 0 saturated carbocycles. The number of para-hydroxylation sites is 3. The smallest absolute Gasteiger partial charge is 0.294 e. The van der Waals surface area contributed by atoms with E-state index in [0.29, 0.717) is 35.7 Å². The number of carbonyl (C=O) groups excluding carboxylic acids is 2. The first kappa shape index (κ1) is 25.4. The molecule has 4 aromatic rings. The molecule has 200 valence electrons. The normalized spacial score (nSPS) is 16.1. The zero-order chi connectivity index (χ0) is 27.5. The SMILES string of the molecule is O=C(c1ccc(/C=C2\Oc3ccccc3N(Cc3cccc(F)c3)C2=O)cc1)N1CCN(c2ccccc2)CC1. The molecule has 0 aliphatic carbocycles. The Bertz CT molecular complexity index is 1560. The Morgan fingerprint density at radius 3 is 2.30 bits per heavy atom. The highest BCUT2D eigenvalue weighted by Crippen LogP contribution is 2.36. The van der Waals surface area contributed by atoms with E-state index in [4.69, 9.17) is 4.74 Å². The number of ether oxygens (including phenoxy) is 1. The van der Waals surface area contributed by atoms with Crippen LogP contribution < -0.4 is 14.5 Å². The molecule has 6 nitrogen and oxygen atoms in total. The number of carbonyl (C=O) groups is 2. The van der Waals surface area contributed by atoms with Crippen molar-refractivity contribution in [3.63, 3.8) is 0 Å². The van der Waals surface area contributed by atoms with Crippen LogP contribution in [0.4, 0.5) is 15.8 Å². The van der Waals surface area contributed by atoms with Crippen LogP contribution in [0.15, 0.2) is 109 Å². The Labute approximate surface area is 232 Å². The fourth-order valence-electron chi connectivity index (χ4n) is 5.10. The number of fused-ring (bicyclic) bond motifs is 1. The van der Waals surface area contributed by atoms with Gasteiger partial charge in [-0.3, -0.25) is 14.5 Å². The summed E-state index contributed by atoms with van der Waals surface area (Å²) >= 11 is 0. The summed E-state index contributed by atoms with van der Waals surface area (Å²) in [6.45, 7) is 3.09. The first-order chi connectivity index (χ1) is 19.5. The molecule has 0 radical (unpaired) electrons. The van der Waals surface area contributed by atoms with E-state index >= 15 is 0 Å². The van der Waals surface area contributed by atoms with Crippen LogP contribution in [0.5, 0.6) is 5.75 Å². The minimum atomic E-state index is -0.352. The van der Waals surface area contributed by atoms with Crippen molar-refractivity contribution in [2.24, 2.45) is 0 Å². The van der Waals surface area contributed by atoms with Gasteiger partial charge in [-0.15, -0.1) is 0 Å². The second kappa shape index (κ2) is 11.1. The van der Waals surface area contributed by atoms with Gasteiger partial charge in [0.2, 0.25) is 0 Å². The van der Waals surface area contributed by atoms with Gasteiger partial charge in [0.25, 0.3) is 11.8 Å². The summed E-state index contributed by atoms with van der Waals surface area (Å²) in [6.07, 6.45) is 1.67. The second-order valence-electron chi connectivity index (χ2n) is 9.84. The van der Waals surface area contributed by atoms with Crippen LogP contribution >= 0.6 is 0 Å². The number of benzene rings is 4. The van der Waals surface area contributed by atoms with Gasteiger partial charge in [-0.2, -0.15) is 0 Å². The summed E-state index contributed by atoms with van der Waals surface area (Å²) in [5, 5.41) is 0. The summed E-state index contributed by atoms with van der Waals surface area (Å²) in [5.41, 5.74) is 3.81. The number of anilines is 2. The maximum absolute atomic E-state index is 13.8. The van der Waals surface area contributed by atoms with Gasteiger partial charge in [-0.05, 0) is 65.7 Å². The van der Waals surface area contributed by atoms with Gasteiger partial charge >= 0.3 is 0 Å². The molecular weight excluding hydrogens is 505 g/mol. The number of hydrogen-bond acceptors (Lipinski definition) is 4. The maximum Gasteiger partial charge on any atom is 0.294 e. The average molecular weight is 534 g/mol. The lowest BCUT2D eigenvalue weighted by Crippen LogP contribution is -2.48. The summed E-state index contributed by atoms with van der Waals surface area (Å²) in [4.78, 5) is 32.4. The number of hydrogen-bond donors (Lipinski definition) is 0. The van der Waals surface area contributed by atoms with Crippen molar-refractivity contribution in [2.75, 3.05) is 36.0 Å². The molecular formula is C33H28FN3O3. The summed E-state index contributed by atoms with van der Waals surface area (Å²) in [7, 11) is 0. The Morgan fingerprint density at radius 2 is 1.55 bits per heavy atom. The van der Waals surface area contributed by atoms with Crippen molar-refractivity contribution < 1.29 is 18.7 Å². The summed E-state index contributed by atoms with van der Waals surface area (Å²) < 4.78 is 19.8. The molecule has 0 N–H and O–H groups in total. The van der Waals surface area contributed by atoms with Crippen LogP contribution in [-0.2, 0) is 11.3 Å². The number of halogens is 1. The van der Waals surface area contributed by atoms with E-state index in [1.165, 1.54) is 17.8 Å². The molecule has 1 fully saturated rings. The van der Waals surface area contributed by atoms with Gasteiger partial charge in [-0.1, -0.05) is 54.6 Å². The molecule has 0 atom stereocenters. The quantitative estimate of drug-likeness (QED) is 0.307. The zero-order valence-electron chi connectivity index (χ0n) is 21.9. The van der Waals surface area contributed by atoms with Gasteiger partial charge in [0, 0.05) is 37.4 Å². The largest absolute Gasteiger partial charge is 0.449 e. The van der Waals surface area contributed by atoms with Crippen LogP contribution in [-0.4, -0.2) is 42.9 Å². The summed E-state index contributed by atoms with van der Waals surface area (Å²) in [6, 6.07) is 30.9. The third-order valence-electron chi connectivity index (χ3n) is 7.21. The predicted octanol–water partition coefficient (Wildman–Crippen LogP) is 5.75. The van der Waals surface area contributed by atoms with Crippen molar-refractivity contribution in [3.05, 3.63) is 131 Å². The molecule has 40 heavy (non-hydrogen) atoms. The van der Waals surface area contributed by atoms with Gasteiger partial charge in [0.1, 0.15) is 5.82 Å². The third-order valence-corrected chi connectivity index (χ3v) is 7.21. The van der Waals surface area contributed by atoms with Gasteiger partial charge < -0.3 is 14.5 Å². The molecule has 1 saturated heterocycles. The van der Waals surface area contributed by atoms with E-state index < -0.39 is 0 Å². The van der Waals surface area contributed by atoms with Crippen molar-refractivity contribution >= 4 is 29.3 Å². The van der Waals surface area contributed by atoms with Crippen molar-refractivity contribution in [1.82, 2.24) is 4.90 Å². The van der Waals surface area contributed by atoms with Gasteiger partial charge in [-0.25, -0.2) is 4.39 Å². The lowest BCUT2D eigenvalue weighted by Gasteiger charge is -2.36. The van der Waals surface area contributed by atoms with E-state index in [9.17, 15) is 14.0 Å². The molecule has 2 amide bonds. The third kappa shape index (κ3) is 5.31. The fraction of sp³-hybridized carbons (Fsp3) is 0.152. The molecule has 6 rings (SSSR count). The molecule has 2 aliphatic rings. The minimum absolute atomic E-state index is 0.00731. The van der Waals surface area contributed by atoms with E-state index in [1.807, 2.05) is 53.4 Å². The predicted molar refractivity (Wildman–Crippen MR) is 154 cm³/mol. The molecule has 2 aliphatic heterocycles. The van der Waals surface area contributed by atoms with Crippen molar-refractivity contribution in [3.8, 4) is 5.75 Å². The van der Waals surface area contributed by atoms with Crippen LogP contribution in [0.1, 0.15) is 21.5 Å². The monoisotopic (exact) mass is 533 g/mol. The van der Waals surface area contributed by atoms with Gasteiger partial charge in [0.05, 0.1) is 12.2 Å². The van der Waals surface area contributed by atoms with E-state index in [2.05, 4.69) is 17.0 Å². The molecule has 0 aromatic heterocycles. The number of piperazine rings is 1. The van der Waals surface area contributed by atoms with E-state index in [1.54, 1.807) is 41.3 Å². The van der Waals surface area contributed by atoms with E-state index in [0.717, 1.165) is 18.7 Å². The van der Waals surface area contributed by atoms with Crippen LogP contribution in [0.3, 0.4) is 0 Å².